The lowest BCUT2D eigenvalue weighted by Gasteiger charge is -2.13. The number of amides is 1. The lowest BCUT2D eigenvalue weighted by Crippen LogP contribution is -2.15. The second kappa shape index (κ2) is 10.5. The van der Waals surface area contributed by atoms with Crippen molar-refractivity contribution in [1.29, 1.82) is 5.26 Å². The normalized spacial score (nSPS) is 11.0. The highest BCUT2D eigenvalue weighted by Crippen LogP contribution is 2.32. The van der Waals surface area contributed by atoms with Crippen molar-refractivity contribution >= 4 is 35.2 Å². The van der Waals surface area contributed by atoms with Crippen molar-refractivity contribution in [2.45, 2.75) is 26.7 Å². The minimum atomic E-state index is -0.627. The van der Waals surface area contributed by atoms with Crippen molar-refractivity contribution in [2.75, 3.05) is 19.0 Å². The van der Waals surface area contributed by atoms with Crippen molar-refractivity contribution < 1.29 is 19.1 Å². The van der Waals surface area contributed by atoms with Crippen molar-refractivity contribution in [3.63, 3.8) is 0 Å². The number of methoxy groups -OCH3 is 1. The molecule has 0 heterocycles. The number of esters is 1. The molecule has 30 heavy (non-hydrogen) atoms. The number of carbonyl (C=O) groups excluding carboxylic acids is 2. The number of hydrogen-bond donors (Lipinski definition) is 1. The Balaban J connectivity index is 2.28. The molecule has 2 aromatic rings. The van der Waals surface area contributed by atoms with Gasteiger partial charge in [0.25, 0.3) is 5.91 Å². The van der Waals surface area contributed by atoms with E-state index in [9.17, 15) is 14.9 Å². The van der Waals surface area contributed by atoms with E-state index in [1.54, 1.807) is 6.92 Å². The maximum absolute atomic E-state index is 12.6. The third-order valence-electron chi connectivity index (χ3n) is 4.31. The van der Waals surface area contributed by atoms with Crippen LogP contribution in [0.4, 0.5) is 5.69 Å². The fourth-order valence-electron chi connectivity index (χ4n) is 2.67. The Morgan fingerprint density at radius 1 is 1.23 bits per heavy atom. The molecular formula is C23H23ClN2O4. The summed E-state index contributed by atoms with van der Waals surface area (Å²) >= 11 is 6.22. The number of benzene rings is 2. The van der Waals surface area contributed by atoms with Gasteiger partial charge in [0.1, 0.15) is 23.0 Å². The number of hydrogen-bond acceptors (Lipinski definition) is 5. The Labute approximate surface area is 181 Å². The van der Waals surface area contributed by atoms with Gasteiger partial charge in [0.15, 0.2) is 0 Å². The summed E-state index contributed by atoms with van der Waals surface area (Å²) in [6, 6.07) is 12.3. The van der Waals surface area contributed by atoms with Gasteiger partial charge in [0, 0.05) is 6.07 Å². The highest BCUT2D eigenvalue weighted by Gasteiger charge is 2.19. The van der Waals surface area contributed by atoms with Crippen LogP contribution < -0.4 is 10.1 Å². The van der Waals surface area contributed by atoms with Crippen molar-refractivity contribution in [2.24, 2.45) is 0 Å². The summed E-state index contributed by atoms with van der Waals surface area (Å²) in [4.78, 5) is 24.6. The van der Waals surface area contributed by atoms with Crippen molar-refractivity contribution in [1.82, 2.24) is 0 Å². The van der Waals surface area contributed by atoms with Gasteiger partial charge >= 0.3 is 5.97 Å². The number of halogens is 1. The first kappa shape index (κ1) is 23.0. The topological polar surface area (TPSA) is 88.4 Å². The van der Waals surface area contributed by atoms with Crippen LogP contribution >= 0.6 is 11.6 Å². The molecule has 7 heteroatoms. The van der Waals surface area contributed by atoms with Crippen LogP contribution in [0, 0.1) is 11.3 Å². The molecule has 156 valence electrons. The van der Waals surface area contributed by atoms with E-state index >= 15 is 0 Å². The zero-order valence-electron chi connectivity index (χ0n) is 17.3. The fourth-order valence-corrected chi connectivity index (χ4v) is 2.88. The molecule has 2 aromatic carbocycles. The molecule has 0 aliphatic carbocycles. The minimum absolute atomic E-state index is 0.0863. The summed E-state index contributed by atoms with van der Waals surface area (Å²) in [5, 5.41) is 12.1. The second-order valence-electron chi connectivity index (χ2n) is 6.70. The van der Waals surface area contributed by atoms with Gasteiger partial charge in [-0.3, -0.25) is 4.79 Å². The van der Waals surface area contributed by atoms with Gasteiger partial charge in [-0.15, -0.1) is 0 Å². The smallest absolute Gasteiger partial charge is 0.341 e. The monoisotopic (exact) mass is 426 g/mol. The summed E-state index contributed by atoms with van der Waals surface area (Å²) in [7, 11) is 1.39. The molecule has 0 unspecified atom stereocenters. The van der Waals surface area contributed by atoms with Crippen LogP contribution in [0.1, 0.15) is 48.2 Å². The Hall–Kier alpha value is -3.30. The number of anilines is 1. The molecule has 0 aliphatic rings. The third-order valence-corrected chi connectivity index (χ3v) is 4.62. The maximum atomic E-state index is 12.6. The van der Waals surface area contributed by atoms with E-state index in [0.29, 0.717) is 5.92 Å². The van der Waals surface area contributed by atoms with Crippen LogP contribution in [-0.4, -0.2) is 25.6 Å². The number of nitrogens with zero attached hydrogens (tertiary/aromatic N) is 1. The lowest BCUT2D eigenvalue weighted by molar-refractivity contribution is -0.112. The Kier molecular flexibility index (Phi) is 8.02. The van der Waals surface area contributed by atoms with Crippen LogP contribution in [0.15, 0.2) is 42.0 Å². The quantitative estimate of drug-likeness (QED) is 0.373. The first-order chi connectivity index (χ1) is 14.3. The predicted octanol–water partition coefficient (Wildman–Crippen LogP) is 5.19. The van der Waals surface area contributed by atoms with E-state index in [-0.39, 0.29) is 34.2 Å². The van der Waals surface area contributed by atoms with Crippen molar-refractivity contribution in [3.8, 4) is 11.8 Å². The Morgan fingerprint density at radius 3 is 2.43 bits per heavy atom. The SMILES string of the molecule is CCOC(=O)c1cc(Cl)c(NC(=O)/C(C#N)=C/c2ccc(C(C)C)cc2)cc1OC. The second-order valence-corrected chi connectivity index (χ2v) is 7.11. The van der Waals surface area contributed by atoms with Gasteiger partial charge in [0.05, 0.1) is 24.4 Å². The molecule has 0 bridgehead atoms. The fraction of sp³-hybridized carbons (Fsp3) is 0.261. The zero-order valence-corrected chi connectivity index (χ0v) is 18.0. The lowest BCUT2D eigenvalue weighted by atomic mass is 10.0. The molecule has 0 fully saturated rings. The molecule has 0 spiro atoms. The largest absolute Gasteiger partial charge is 0.496 e. The Bertz CT molecular complexity index is 1010. The highest BCUT2D eigenvalue weighted by molar-refractivity contribution is 6.34. The number of rotatable bonds is 7. The first-order valence-corrected chi connectivity index (χ1v) is 9.76. The van der Waals surface area contributed by atoms with E-state index in [2.05, 4.69) is 19.2 Å². The van der Waals surface area contributed by atoms with Crippen LogP contribution in [0.3, 0.4) is 0 Å². The standard InChI is InChI=1S/C23H23ClN2O4/c1-5-30-23(28)18-11-19(24)20(12-21(18)29-4)26-22(27)17(13-25)10-15-6-8-16(9-7-15)14(2)3/h6-12,14H,5H2,1-4H3,(H,26,27)/b17-10+. The number of nitriles is 1. The summed E-state index contributed by atoms with van der Waals surface area (Å²) < 4.78 is 10.2. The zero-order chi connectivity index (χ0) is 22.3. The molecule has 0 radical (unpaired) electrons. The summed E-state index contributed by atoms with van der Waals surface area (Å²) in [5.41, 5.74) is 2.16. The summed E-state index contributed by atoms with van der Waals surface area (Å²) in [5.74, 6) is -0.633. The molecular weight excluding hydrogens is 404 g/mol. The first-order valence-electron chi connectivity index (χ1n) is 9.38. The average Bonchev–Trinajstić information content (AvgIpc) is 2.73. The predicted molar refractivity (Wildman–Crippen MR) is 117 cm³/mol. The molecule has 1 N–H and O–H groups in total. The summed E-state index contributed by atoms with van der Waals surface area (Å²) in [6.07, 6.45) is 1.50. The average molecular weight is 427 g/mol. The molecule has 0 saturated heterocycles. The van der Waals surface area contributed by atoms with Gasteiger partial charge < -0.3 is 14.8 Å². The van der Waals surface area contributed by atoms with Gasteiger partial charge in [-0.05, 0) is 36.1 Å². The van der Waals surface area contributed by atoms with Crippen LogP contribution in [0.5, 0.6) is 5.75 Å². The number of carbonyl (C=O) groups is 2. The molecule has 2 rings (SSSR count). The highest BCUT2D eigenvalue weighted by atomic mass is 35.5. The van der Waals surface area contributed by atoms with E-state index in [4.69, 9.17) is 21.1 Å². The third kappa shape index (κ3) is 5.62. The summed E-state index contributed by atoms with van der Waals surface area (Å²) in [6.45, 7) is 6.06. The van der Waals surface area contributed by atoms with Gasteiger partial charge in [-0.25, -0.2) is 4.79 Å². The van der Waals surface area contributed by atoms with Crippen LogP contribution in [0.2, 0.25) is 5.02 Å². The maximum Gasteiger partial charge on any atom is 0.341 e. The van der Waals surface area contributed by atoms with Crippen LogP contribution in [0.25, 0.3) is 6.08 Å². The van der Waals surface area contributed by atoms with Gasteiger partial charge in [-0.1, -0.05) is 49.7 Å². The number of nitrogens with one attached hydrogen (secondary N) is 1. The van der Waals surface area contributed by atoms with E-state index in [1.165, 1.54) is 25.3 Å². The van der Waals surface area contributed by atoms with Gasteiger partial charge in [0.2, 0.25) is 0 Å². The molecule has 0 atom stereocenters. The molecule has 0 aliphatic heterocycles. The minimum Gasteiger partial charge on any atom is -0.496 e. The molecule has 0 aromatic heterocycles. The van der Waals surface area contributed by atoms with Gasteiger partial charge in [-0.2, -0.15) is 5.26 Å². The number of ether oxygens (including phenoxy) is 2. The van der Waals surface area contributed by atoms with E-state index < -0.39 is 11.9 Å². The molecule has 6 nitrogen and oxygen atoms in total. The van der Waals surface area contributed by atoms with Crippen molar-refractivity contribution in [3.05, 3.63) is 63.7 Å². The van der Waals surface area contributed by atoms with E-state index in [0.717, 1.165) is 11.1 Å². The Morgan fingerprint density at radius 2 is 1.90 bits per heavy atom. The van der Waals surface area contributed by atoms with E-state index in [1.807, 2.05) is 30.3 Å². The van der Waals surface area contributed by atoms with Crippen LogP contribution in [-0.2, 0) is 9.53 Å². The molecule has 0 saturated carbocycles. The molecule has 1 amide bonds.